The molecular formula is C19H26N4O. The van der Waals surface area contributed by atoms with Crippen LogP contribution in [0.2, 0.25) is 0 Å². The van der Waals surface area contributed by atoms with Crippen molar-refractivity contribution >= 4 is 5.91 Å². The van der Waals surface area contributed by atoms with E-state index in [1.54, 1.807) is 17.1 Å². The molecule has 128 valence electrons. The Hall–Kier alpha value is -2.14. The quantitative estimate of drug-likeness (QED) is 0.919. The number of nitrogens with zero attached hydrogens (tertiary/aromatic N) is 3. The summed E-state index contributed by atoms with van der Waals surface area (Å²) in [7, 11) is 1.81. The number of carbonyl (C=O) groups excluding carboxylic acids is 1. The molecule has 0 spiro atoms. The Kier molecular flexibility index (Phi) is 5.30. The first-order valence-corrected chi connectivity index (χ1v) is 8.67. The number of hydrogen-bond acceptors (Lipinski definition) is 3. The summed E-state index contributed by atoms with van der Waals surface area (Å²) in [6.07, 6.45) is 5.90. The van der Waals surface area contributed by atoms with Gasteiger partial charge in [0.1, 0.15) is 0 Å². The molecule has 1 aromatic carbocycles. The zero-order valence-electron chi connectivity index (χ0n) is 14.5. The number of piperidine rings is 1. The molecule has 1 aliphatic heterocycles. The van der Waals surface area contributed by atoms with Gasteiger partial charge in [-0.05, 0) is 43.0 Å². The molecule has 5 nitrogen and oxygen atoms in total. The smallest absolute Gasteiger partial charge is 0.254 e. The highest BCUT2D eigenvalue weighted by atomic mass is 16.1. The Morgan fingerprint density at radius 3 is 2.75 bits per heavy atom. The predicted molar refractivity (Wildman–Crippen MR) is 94.5 cm³/mol. The van der Waals surface area contributed by atoms with E-state index in [2.05, 4.69) is 46.5 Å². The lowest BCUT2D eigenvalue weighted by atomic mass is 9.98. The van der Waals surface area contributed by atoms with Crippen molar-refractivity contribution < 1.29 is 4.79 Å². The van der Waals surface area contributed by atoms with Crippen molar-refractivity contribution in [2.45, 2.75) is 32.9 Å². The predicted octanol–water partition coefficient (Wildman–Crippen LogP) is 2.58. The Bertz CT molecular complexity index is 686. The lowest BCUT2D eigenvalue weighted by Gasteiger charge is -2.30. The molecule has 0 bridgehead atoms. The first-order valence-electron chi connectivity index (χ1n) is 8.67. The summed E-state index contributed by atoms with van der Waals surface area (Å²) in [4.78, 5) is 14.6. The molecule has 0 radical (unpaired) electrons. The second-order valence-electron chi connectivity index (χ2n) is 6.86. The van der Waals surface area contributed by atoms with Crippen LogP contribution in [-0.4, -0.2) is 33.7 Å². The highest BCUT2D eigenvalue weighted by Gasteiger charge is 2.15. The van der Waals surface area contributed by atoms with E-state index in [1.807, 2.05) is 7.05 Å². The maximum atomic E-state index is 12.1. The second kappa shape index (κ2) is 7.62. The van der Waals surface area contributed by atoms with Gasteiger partial charge < -0.3 is 5.32 Å². The molecule has 3 rings (SSSR count). The number of likely N-dealkylation sites (tertiary alicyclic amines) is 1. The van der Waals surface area contributed by atoms with Gasteiger partial charge in [0.15, 0.2) is 0 Å². The third kappa shape index (κ3) is 4.45. The fourth-order valence-electron chi connectivity index (χ4n) is 3.14. The average molecular weight is 326 g/mol. The van der Waals surface area contributed by atoms with Crippen molar-refractivity contribution in [2.75, 3.05) is 13.1 Å². The van der Waals surface area contributed by atoms with Crippen molar-refractivity contribution in [3.8, 4) is 0 Å². The minimum Gasteiger partial charge on any atom is -0.348 e. The Morgan fingerprint density at radius 1 is 1.29 bits per heavy atom. The Balaban J connectivity index is 1.54. The van der Waals surface area contributed by atoms with Crippen LogP contribution in [0.25, 0.3) is 0 Å². The van der Waals surface area contributed by atoms with Gasteiger partial charge in [-0.25, -0.2) is 0 Å². The molecule has 2 aromatic rings. The van der Waals surface area contributed by atoms with E-state index in [0.717, 1.165) is 18.0 Å². The number of hydrogen-bond donors (Lipinski definition) is 1. The standard InChI is InChI=1S/C19H26N4O/c1-15-6-8-23(9-7-15)13-17-5-3-4-16(10-17)11-20-19(24)18-12-21-22(2)14-18/h3-5,10,12,14-15H,6-9,11,13H2,1-2H3,(H,20,24). The summed E-state index contributed by atoms with van der Waals surface area (Å²) in [6.45, 7) is 6.24. The first kappa shape index (κ1) is 16.7. The lowest BCUT2D eigenvalue weighted by molar-refractivity contribution is 0.0951. The molecule has 2 heterocycles. The van der Waals surface area contributed by atoms with Crippen LogP contribution in [0.15, 0.2) is 36.7 Å². The van der Waals surface area contributed by atoms with Crippen LogP contribution >= 0.6 is 0 Å². The normalized spacial score (nSPS) is 16.2. The molecule has 1 fully saturated rings. The van der Waals surface area contributed by atoms with Crippen LogP contribution in [-0.2, 0) is 20.1 Å². The molecule has 0 atom stereocenters. The number of amides is 1. The molecule has 0 saturated carbocycles. The molecule has 1 aromatic heterocycles. The lowest BCUT2D eigenvalue weighted by Crippen LogP contribution is -2.32. The van der Waals surface area contributed by atoms with Crippen LogP contribution in [0, 0.1) is 5.92 Å². The van der Waals surface area contributed by atoms with Gasteiger partial charge >= 0.3 is 0 Å². The van der Waals surface area contributed by atoms with Crippen molar-refractivity contribution in [1.82, 2.24) is 20.0 Å². The average Bonchev–Trinajstić information content (AvgIpc) is 3.02. The maximum absolute atomic E-state index is 12.1. The minimum atomic E-state index is -0.0847. The summed E-state index contributed by atoms with van der Waals surface area (Å²) >= 11 is 0. The van der Waals surface area contributed by atoms with Crippen molar-refractivity contribution in [3.05, 3.63) is 53.3 Å². The van der Waals surface area contributed by atoms with Gasteiger partial charge in [0.25, 0.3) is 5.91 Å². The molecule has 24 heavy (non-hydrogen) atoms. The van der Waals surface area contributed by atoms with Crippen LogP contribution in [0.1, 0.15) is 41.3 Å². The fraction of sp³-hybridized carbons (Fsp3) is 0.474. The van der Waals surface area contributed by atoms with E-state index in [1.165, 1.54) is 31.5 Å². The van der Waals surface area contributed by atoms with Gasteiger partial charge in [-0.3, -0.25) is 14.4 Å². The maximum Gasteiger partial charge on any atom is 0.254 e. The van der Waals surface area contributed by atoms with Crippen molar-refractivity contribution in [3.63, 3.8) is 0 Å². The van der Waals surface area contributed by atoms with E-state index in [-0.39, 0.29) is 5.91 Å². The number of rotatable bonds is 5. The fourth-order valence-corrected chi connectivity index (χ4v) is 3.14. The van der Waals surface area contributed by atoms with Gasteiger partial charge in [-0.2, -0.15) is 5.10 Å². The second-order valence-corrected chi connectivity index (χ2v) is 6.86. The number of carbonyl (C=O) groups is 1. The van der Waals surface area contributed by atoms with Gasteiger partial charge in [-0.15, -0.1) is 0 Å². The third-order valence-electron chi connectivity index (χ3n) is 4.69. The van der Waals surface area contributed by atoms with Gasteiger partial charge in [0, 0.05) is 26.3 Å². The zero-order valence-corrected chi connectivity index (χ0v) is 14.5. The highest BCUT2D eigenvalue weighted by Crippen LogP contribution is 2.18. The molecule has 0 aliphatic carbocycles. The summed E-state index contributed by atoms with van der Waals surface area (Å²) in [5.41, 5.74) is 3.05. The minimum absolute atomic E-state index is 0.0847. The topological polar surface area (TPSA) is 50.2 Å². The highest BCUT2D eigenvalue weighted by molar-refractivity contribution is 5.93. The molecule has 1 aliphatic rings. The summed E-state index contributed by atoms with van der Waals surface area (Å²) in [5.74, 6) is 0.772. The van der Waals surface area contributed by atoms with Crippen LogP contribution in [0.3, 0.4) is 0 Å². The molecular weight excluding hydrogens is 300 g/mol. The van der Waals surface area contributed by atoms with Crippen LogP contribution in [0.5, 0.6) is 0 Å². The largest absolute Gasteiger partial charge is 0.348 e. The van der Waals surface area contributed by atoms with Crippen molar-refractivity contribution in [1.29, 1.82) is 0 Å². The molecule has 1 saturated heterocycles. The number of benzene rings is 1. The summed E-state index contributed by atoms with van der Waals surface area (Å²) in [5, 5.41) is 6.99. The third-order valence-corrected chi connectivity index (χ3v) is 4.69. The summed E-state index contributed by atoms with van der Waals surface area (Å²) in [6, 6.07) is 8.50. The molecule has 0 unspecified atom stereocenters. The van der Waals surface area contributed by atoms with Crippen LogP contribution in [0.4, 0.5) is 0 Å². The zero-order chi connectivity index (χ0) is 16.9. The number of nitrogens with one attached hydrogen (secondary N) is 1. The van der Waals surface area contributed by atoms with Gasteiger partial charge in [0.05, 0.1) is 11.8 Å². The van der Waals surface area contributed by atoms with E-state index in [4.69, 9.17) is 0 Å². The molecule has 1 amide bonds. The van der Waals surface area contributed by atoms with E-state index in [9.17, 15) is 4.79 Å². The first-order chi connectivity index (χ1) is 11.6. The molecule has 5 heteroatoms. The Labute approximate surface area is 143 Å². The number of aromatic nitrogens is 2. The van der Waals surface area contributed by atoms with Gasteiger partial charge in [0.2, 0.25) is 0 Å². The van der Waals surface area contributed by atoms with E-state index < -0.39 is 0 Å². The SMILES string of the molecule is CC1CCN(Cc2cccc(CNC(=O)c3cnn(C)c3)c2)CC1. The van der Waals surface area contributed by atoms with Crippen LogP contribution < -0.4 is 5.32 Å². The summed E-state index contributed by atoms with van der Waals surface area (Å²) < 4.78 is 1.63. The van der Waals surface area contributed by atoms with E-state index >= 15 is 0 Å². The molecule has 1 N–H and O–H groups in total. The number of aryl methyl sites for hydroxylation is 1. The van der Waals surface area contributed by atoms with Crippen molar-refractivity contribution in [2.24, 2.45) is 13.0 Å². The van der Waals surface area contributed by atoms with Gasteiger partial charge in [-0.1, -0.05) is 31.2 Å². The Morgan fingerprint density at radius 2 is 2.04 bits per heavy atom. The monoisotopic (exact) mass is 326 g/mol. The van der Waals surface area contributed by atoms with E-state index in [0.29, 0.717) is 12.1 Å².